The van der Waals surface area contributed by atoms with E-state index in [0.29, 0.717) is 0 Å². The van der Waals surface area contributed by atoms with Crippen molar-refractivity contribution in [3.05, 3.63) is 47.0 Å². The van der Waals surface area contributed by atoms with Crippen molar-refractivity contribution in [3.63, 3.8) is 0 Å². The molecule has 0 N–H and O–H groups in total. The first-order valence-corrected chi connectivity index (χ1v) is 4.62. The van der Waals surface area contributed by atoms with Crippen LogP contribution in [0.25, 0.3) is 0 Å². The molecule has 1 aliphatic heterocycles. The summed E-state index contributed by atoms with van der Waals surface area (Å²) in [6.45, 7) is 5.07. The fraction of sp³-hybridized carbons (Fsp3) is 0.333. The standard InChI is InChI=1S/C12H14O/c1-9-8-13-12(10(9)2)11-6-4-3-5-7-11/h3-7,12H,8H2,1-2H3. The van der Waals surface area contributed by atoms with Crippen LogP contribution in [0.5, 0.6) is 0 Å². The monoisotopic (exact) mass is 174 g/mol. The molecule has 0 saturated heterocycles. The van der Waals surface area contributed by atoms with Gasteiger partial charge >= 0.3 is 0 Å². The Labute approximate surface area is 79.0 Å². The van der Waals surface area contributed by atoms with Gasteiger partial charge in [0.05, 0.1) is 6.61 Å². The predicted octanol–water partition coefficient (Wildman–Crippen LogP) is 3.09. The molecule has 1 heteroatoms. The van der Waals surface area contributed by atoms with Crippen LogP contribution in [0.2, 0.25) is 0 Å². The van der Waals surface area contributed by atoms with E-state index in [-0.39, 0.29) is 6.10 Å². The minimum Gasteiger partial charge on any atom is -0.365 e. The van der Waals surface area contributed by atoms with Gasteiger partial charge in [0.2, 0.25) is 0 Å². The molecule has 0 spiro atoms. The second-order valence-corrected chi connectivity index (χ2v) is 3.57. The lowest BCUT2D eigenvalue weighted by atomic mass is 10.0. The van der Waals surface area contributed by atoms with Gasteiger partial charge in [0, 0.05) is 0 Å². The highest BCUT2D eigenvalue weighted by atomic mass is 16.5. The van der Waals surface area contributed by atoms with Crippen LogP contribution in [-0.4, -0.2) is 6.61 Å². The van der Waals surface area contributed by atoms with Gasteiger partial charge in [-0.05, 0) is 30.6 Å². The van der Waals surface area contributed by atoms with E-state index in [4.69, 9.17) is 4.74 Å². The molecule has 0 aromatic heterocycles. The summed E-state index contributed by atoms with van der Waals surface area (Å²) in [6.07, 6.45) is 0.196. The normalized spacial score (nSPS) is 22.5. The van der Waals surface area contributed by atoms with Crippen molar-refractivity contribution in [3.8, 4) is 0 Å². The molecular formula is C12H14O. The summed E-state index contributed by atoms with van der Waals surface area (Å²) < 4.78 is 5.69. The van der Waals surface area contributed by atoms with Gasteiger partial charge in [-0.2, -0.15) is 0 Å². The van der Waals surface area contributed by atoms with Gasteiger partial charge in [-0.25, -0.2) is 0 Å². The maximum absolute atomic E-state index is 5.69. The lowest BCUT2D eigenvalue weighted by molar-refractivity contribution is 0.121. The molecular weight excluding hydrogens is 160 g/mol. The van der Waals surface area contributed by atoms with Crippen molar-refractivity contribution >= 4 is 0 Å². The average Bonchev–Trinajstić information content (AvgIpc) is 2.49. The molecule has 68 valence electrons. The van der Waals surface area contributed by atoms with Crippen LogP contribution in [0.3, 0.4) is 0 Å². The second kappa shape index (κ2) is 3.35. The first-order chi connectivity index (χ1) is 6.29. The van der Waals surface area contributed by atoms with E-state index in [1.165, 1.54) is 16.7 Å². The van der Waals surface area contributed by atoms with Gasteiger partial charge in [-0.3, -0.25) is 0 Å². The van der Waals surface area contributed by atoms with Crippen molar-refractivity contribution in [2.24, 2.45) is 0 Å². The molecule has 1 aliphatic rings. The van der Waals surface area contributed by atoms with Crippen molar-refractivity contribution in [2.75, 3.05) is 6.61 Å². The van der Waals surface area contributed by atoms with E-state index in [9.17, 15) is 0 Å². The molecule has 0 amide bonds. The number of rotatable bonds is 1. The maximum atomic E-state index is 5.69. The Morgan fingerprint density at radius 2 is 1.85 bits per heavy atom. The minimum atomic E-state index is 0.196. The molecule has 1 aromatic rings. The average molecular weight is 174 g/mol. The summed E-state index contributed by atoms with van der Waals surface area (Å²) in [5.41, 5.74) is 4.00. The fourth-order valence-electron chi connectivity index (χ4n) is 1.65. The summed E-state index contributed by atoms with van der Waals surface area (Å²) in [4.78, 5) is 0. The first-order valence-electron chi connectivity index (χ1n) is 4.62. The zero-order valence-electron chi connectivity index (χ0n) is 8.08. The SMILES string of the molecule is CC1=C(C)C(c2ccccc2)OC1. The third-order valence-electron chi connectivity index (χ3n) is 2.64. The minimum absolute atomic E-state index is 0.196. The summed E-state index contributed by atoms with van der Waals surface area (Å²) in [6, 6.07) is 10.4. The molecule has 13 heavy (non-hydrogen) atoms. The molecule has 1 unspecified atom stereocenters. The Bertz CT molecular complexity index is 324. The summed E-state index contributed by atoms with van der Waals surface area (Å²) in [7, 11) is 0. The highest BCUT2D eigenvalue weighted by Gasteiger charge is 2.21. The third kappa shape index (κ3) is 1.52. The largest absolute Gasteiger partial charge is 0.365 e. The zero-order chi connectivity index (χ0) is 9.26. The van der Waals surface area contributed by atoms with E-state index in [2.05, 4.69) is 38.1 Å². The van der Waals surface area contributed by atoms with E-state index in [1.807, 2.05) is 6.07 Å². The van der Waals surface area contributed by atoms with Crippen molar-refractivity contribution in [1.82, 2.24) is 0 Å². The van der Waals surface area contributed by atoms with Crippen LogP contribution >= 0.6 is 0 Å². The van der Waals surface area contributed by atoms with Gasteiger partial charge in [-0.1, -0.05) is 30.3 Å². The van der Waals surface area contributed by atoms with Crippen LogP contribution in [-0.2, 0) is 4.74 Å². The molecule has 0 fully saturated rings. The molecule has 1 atom stereocenters. The molecule has 1 heterocycles. The number of hydrogen-bond donors (Lipinski definition) is 0. The van der Waals surface area contributed by atoms with Crippen LogP contribution in [0.1, 0.15) is 25.5 Å². The Hall–Kier alpha value is -1.08. The molecule has 0 bridgehead atoms. The number of benzene rings is 1. The number of ether oxygens (including phenoxy) is 1. The van der Waals surface area contributed by atoms with E-state index in [1.54, 1.807) is 0 Å². The van der Waals surface area contributed by atoms with Gasteiger partial charge < -0.3 is 4.74 Å². The first kappa shape index (κ1) is 8.52. The Kier molecular flexibility index (Phi) is 2.19. The highest BCUT2D eigenvalue weighted by Crippen LogP contribution is 2.33. The molecule has 0 aliphatic carbocycles. The maximum Gasteiger partial charge on any atom is 0.104 e. The zero-order valence-corrected chi connectivity index (χ0v) is 8.08. The quantitative estimate of drug-likeness (QED) is 0.594. The Balaban J connectivity index is 2.30. The third-order valence-corrected chi connectivity index (χ3v) is 2.64. The van der Waals surface area contributed by atoms with Crippen LogP contribution in [0, 0.1) is 0 Å². The predicted molar refractivity (Wildman–Crippen MR) is 53.5 cm³/mol. The lowest BCUT2D eigenvalue weighted by Crippen LogP contribution is -1.98. The molecule has 0 radical (unpaired) electrons. The summed E-state index contributed by atoms with van der Waals surface area (Å²) >= 11 is 0. The van der Waals surface area contributed by atoms with Crippen LogP contribution in [0.4, 0.5) is 0 Å². The van der Waals surface area contributed by atoms with Crippen molar-refractivity contribution in [1.29, 1.82) is 0 Å². The smallest absolute Gasteiger partial charge is 0.104 e. The van der Waals surface area contributed by atoms with E-state index < -0.39 is 0 Å². The van der Waals surface area contributed by atoms with Gasteiger partial charge in [-0.15, -0.1) is 0 Å². The van der Waals surface area contributed by atoms with Crippen LogP contribution < -0.4 is 0 Å². The second-order valence-electron chi connectivity index (χ2n) is 3.57. The van der Waals surface area contributed by atoms with E-state index >= 15 is 0 Å². The summed E-state index contributed by atoms with van der Waals surface area (Å²) in [5, 5.41) is 0. The molecule has 0 saturated carbocycles. The Morgan fingerprint density at radius 3 is 2.38 bits per heavy atom. The fourth-order valence-corrected chi connectivity index (χ4v) is 1.65. The molecule has 1 nitrogen and oxygen atoms in total. The van der Waals surface area contributed by atoms with Gasteiger partial charge in [0.15, 0.2) is 0 Å². The lowest BCUT2D eigenvalue weighted by Gasteiger charge is -2.11. The van der Waals surface area contributed by atoms with Crippen LogP contribution in [0.15, 0.2) is 41.5 Å². The van der Waals surface area contributed by atoms with Gasteiger partial charge in [0.25, 0.3) is 0 Å². The topological polar surface area (TPSA) is 9.23 Å². The van der Waals surface area contributed by atoms with Crippen molar-refractivity contribution < 1.29 is 4.74 Å². The molecule has 2 rings (SSSR count). The Morgan fingerprint density at radius 1 is 1.15 bits per heavy atom. The number of hydrogen-bond acceptors (Lipinski definition) is 1. The van der Waals surface area contributed by atoms with E-state index in [0.717, 1.165) is 6.61 Å². The molecule has 1 aromatic carbocycles. The highest BCUT2D eigenvalue weighted by molar-refractivity contribution is 5.30. The summed E-state index contributed by atoms with van der Waals surface area (Å²) in [5.74, 6) is 0. The van der Waals surface area contributed by atoms with Gasteiger partial charge in [0.1, 0.15) is 6.10 Å². The van der Waals surface area contributed by atoms with Crippen molar-refractivity contribution in [2.45, 2.75) is 20.0 Å².